The van der Waals surface area contributed by atoms with Crippen LogP contribution in [0.25, 0.3) is 0 Å². The molecule has 0 radical (unpaired) electrons. The molecule has 0 bridgehead atoms. The Morgan fingerprint density at radius 1 is 0.921 bits per heavy atom. The van der Waals surface area contributed by atoms with Gasteiger partial charge in [-0.25, -0.2) is 9.97 Å². The lowest BCUT2D eigenvalue weighted by Gasteiger charge is -2.40. The van der Waals surface area contributed by atoms with E-state index in [9.17, 15) is 9.59 Å². The first-order valence-corrected chi connectivity index (χ1v) is 14.4. The number of carbonyl (C=O) groups excluding carboxylic acids is 2. The molecule has 3 aliphatic rings. The van der Waals surface area contributed by atoms with E-state index in [1.54, 1.807) is 17.3 Å². The van der Waals surface area contributed by atoms with E-state index in [-0.39, 0.29) is 17.2 Å². The minimum absolute atomic E-state index is 0.210. The first-order valence-electron chi connectivity index (χ1n) is 14.4. The Hall–Kier alpha value is -2.72. The highest BCUT2D eigenvalue weighted by molar-refractivity contribution is 6.35. The van der Waals surface area contributed by atoms with Gasteiger partial charge in [0.05, 0.1) is 13.1 Å². The average Bonchev–Trinajstić information content (AvgIpc) is 3.69. The standard InChI is InChI=1S/C28H44N8O2/c1-22(2)17-33-14-5-28(6-15-33)7-16-36(21-28)27(38)26(37)35-12-3-23(4-13-35)18-34(19-24-29-8-9-30-24)20-25-31-10-11-32-25/h8-11,22-23H,3-7,12-21H2,1-2H3,(H,29,30)(H,31,32). The molecule has 38 heavy (non-hydrogen) atoms. The van der Waals surface area contributed by atoms with Crippen molar-refractivity contribution in [1.29, 1.82) is 0 Å². The van der Waals surface area contributed by atoms with Gasteiger partial charge in [-0.1, -0.05) is 13.8 Å². The van der Waals surface area contributed by atoms with Gasteiger partial charge in [0, 0.05) is 64.1 Å². The van der Waals surface area contributed by atoms with Crippen LogP contribution in [0.15, 0.2) is 24.8 Å². The number of amides is 2. The predicted octanol–water partition coefficient (Wildman–Crippen LogP) is 2.34. The Kier molecular flexibility index (Phi) is 8.48. The highest BCUT2D eigenvalue weighted by atomic mass is 16.2. The summed E-state index contributed by atoms with van der Waals surface area (Å²) >= 11 is 0. The van der Waals surface area contributed by atoms with E-state index < -0.39 is 0 Å². The molecule has 2 N–H and O–H groups in total. The van der Waals surface area contributed by atoms with Crippen LogP contribution in [-0.2, 0) is 22.7 Å². The van der Waals surface area contributed by atoms with Gasteiger partial charge in [0.1, 0.15) is 11.6 Å². The number of imidazole rings is 2. The van der Waals surface area contributed by atoms with Crippen molar-refractivity contribution in [2.75, 3.05) is 52.4 Å². The number of carbonyl (C=O) groups is 2. The summed E-state index contributed by atoms with van der Waals surface area (Å²) in [6.07, 6.45) is 12.4. The number of nitrogens with one attached hydrogen (secondary N) is 2. The Morgan fingerprint density at radius 2 is 1.50 bits per heavy atom. The molecule has 5 heterocycles. The molecule has 2 aromatic heterocycles. The molecule has 2 amide bonds. The first-order chi connectivity index (χ1) is 18.4. The molecule has 0 aromatic carbocycles. The second-order valence-electron chi connectivity index (χ2n) is 12.1. The van der Waals surface area contributed by atoms with Gasteiger partial charge in [-0.15, -0.1) is 0 Å². The van der Waals surface area contributed by atoms with E-state index in [2.05, 4.69) is 43.6 Å². The van der Waals surface area contributed by atoms with Crippen LogP contribution in [-0.4, -0.2) is 104 Å². The number of aromatic amines is 2. The van der Waals surface area contributed by atoms with Crippen LogP contribution in [0.5, 0.6) is 0 Å². The quantitative estimate of drug-likeness (QED) is 0.514. The number of hydrogen-bond acceptors (Lipinski definition) is 6. The van der Waals surface area contributed by atoms with Gasteiger partial charge >= 0.3 is 11.8 Å². The van der Waals surface area contributed by atoms with Crippen molar-refractivity contribution in [2.45, 2.75) is 59.0 Å². The Morgan fingerprint density at radius 3 is 2.05 bits per heavy atom. The second-order valence-corrected chi connectivity index (χ2v) is 12.1. The Labute approximate surface area is 226 Å². The highest BCUT2D eigenvalue weighted by Gasteiger charge is 2.44. The summed E-state index contributed by atoms with van der Waals surface area (Å²) in [4.78, 5) is 50.1. The maximum absolute atomic E-state index is 13.2. The fraction of sp³-hybridized carbons (Fsp3) is 0.714. The molecular weight excluding hydrogens is 480 g/mol. The average molecular weight is 525 g/mol. The van der Waals surface area contributed by atoms with Crippen molar-refractivity contribution >= 4 is 11.8 Å². The van der Waals surface area contributed by atoms with Crippen molar-refractivity contribution < 1.29 is 9.59 Å². The third-order valence-corrected chi connectivity index (χ3v) is 8.72. The summed E-state index contributed by atoms with van der Waals surface area (Å²) in [5.74, 6) is 2.42. The van der Waals surface area contributed by atoms with Crippen molar-refractivity contribution in [2.24, 2.45) is 17.3 Å². The summed E-state index contributed by atoms with van der Waals surface area (Å²) in [5, 5.41) is 0. The molecule has 3 fully saturated rings. The third-order valence-electron chi connectivity index (χ3n) is 8.72. The number of nitrogens with zero attached hydrogens (tertiary/aromatic N) is 6. The largest absolute Gasteiger partial charge is 0.348 e. The van der Waals surface area contributed by atoms with Crippen LogP contribution in [0.2, 0.25) is 0 Å². The predicted molar refractivity (Wildman–Crippen MR) is 145 cm³/mol. The molecule has 208 valence electrons. The lowest BCUT2D eigenvalue weighted by Crippen LogP contribution is -2.49. The second kappa shape index (κ2) is 12.0. The number of hydrogen-bond donors (Lipinski definition) is 2. The van der Waals surface area contributed by atoms with Gasteiger partial charge in [-0.2, -0.15) is 0 Å². The topological polar surface area (TPSA) is 104 Å². The summed E-state index contributed by atoms with van der Waals surface area (Å²) in [5.41, 5.74) is 0.210. The van der Waals surface area contributed by atoms with Gasteiger partial charge in [-0.3, -0.25) is 14.5 Å². The fourth-order valence-electron chi connectivity index (χ4n) is 6.57. The number of rotatable bonds is 8. The van der Waals surface area contributed by atoms with Gasteiger partial charge in [0.2, 0.25) is 0 Å². The number of aromatic nitrogens is 4. The van der Waals surface area contributed by atoms with Crippen LogP contribution >= 0.6 is 0 Å². The summed E-state index contributed by atoms with van der Waals surface area (Å²) in [6, 6.07) is 0. The lowest BCUT2D eigenvalue weighted by molar-refractivity contribution is -0.152. The molecule has 0 unspecified atom stereocenters. The van der Waals surface area contributed by atoms with E-state index in [0.29, 0.717) is 24.9 Å². The monoisotopic (exact) mass is 524 g/mol. The molecule has 0 atom stereocenters. The van der Waals surface area contributed by atoms with E-state index in [4.69, 9.17) is 0 Å². The Balaban J connectivity index is 1.09. The Bertz CT molecular complexity index is 985. The number of H-pyrrole nitrogens is 2. The zero-order valence-corrected chi connectivity index (χ0v) is 23.1. The van der Waals surface area contributed by atoms with Crippen molar-refractivity contribution in [3.8, 4) is 0 Å². The minimum Gasteiger partial charge on any atom is -0.348 e. The van der Waals surface area contributed by atoms with E-state index in [0.717, 1.165) is 96.1 Å². The molecule has 1 spiro atoms. The smallest absolute Gasteiger partial charge is 0.312 e. The van der Waals surface area contributed by atoms with Crippen LogP contribution in [0.4, 0.5) is 0 Å². The van der Waals surface area contributed by atoms with Gasteiger partial charge in [0.25, 0.3) is 0 Å². The molecule has 2 aromatic rings. The van der Waals surface area contributed by atoms with E-state index in [1.807, 2.05) is 17.3 Å². The van der Waals surface area contributed by atoms with Crippen molar-refractivity contribution in [1.82, 2.24) is 39.5 Å². The molecule has 3 aliphatic heterocycles. The van der Waals surface area contributed by atoms with Crippen LogP contribution in [0.3, 0.4) is 0 Å². The fourth-order valence-corrected chi connectivity index (χ4v) is 6.57. The van der Waals surface area contributed by atoms with Crippen LogP contribution in [0.1, 0.15) is 57.6 Å². The van der Waals surface area contributed by atoms with Crippen LogP contribution < -0.4 is 0 Å². The van der Waals surface area contributed by atoms with Gasteiger partial charge < -0.3 is 24.7 Å². The summed E-state index contributed by atoms with van der Waals surface area (Å²) in [7, 11) is 0. The third kappa shape index (κ3) is 6.64. The molecule has 3 saturated heterocycles. The summed E-state index contributed by atoms with van der Waals surface area (Å²) < 4.78 is 0. The zero-order chi connectivity index (χ0) is 26.5. The maximum atomic E-state index is 13.2. The minimum atomic E-state index is -0.305. The van der Waals surface area contributed by atoms with Crippen molar-refractivity contribution in [3.63, 3.8) is 0 Å². The first kappa shape index (κ1) is 26.9. The van der Waals surface area contributed by atoms with E-state index in [1.165, 1.54) is 0 Å². The molecule has 0 aliphatic carbocycles. The summed E-state index contributed by atoms with van der Waals surface area (Å²) in [6.45, 7) is 13.0. The molecular formula is C28H44N8O2. The molecule has 10 nitrogen and oxygen atoms in total. The highest BCUT2D eigenvalue weighted by Crippen LogP contribution is 2.40. The molecule has 0 saturated carbocycles. The van der Waals surface area contributed by atoms with Gasteiger partial charge in [0.15, 0.2) is 0 Å². The maximum Gasteiger partial charge on any atom is 0.312 e. The molecule has 5 rings (SSSR count). The van der Waals surface area contributed by atoms with Gasteiger partial charge in [-0.05, 0) is 62.4 Å². The normalized spacial score (nSPS) is 20.7. The number of likely N-dealkylation sites (tertiary alicyclic amines) is 3. The SMILES string of the molecule is CC(C)CN1CCC2(CC1)CCN(C(=O)C(=O)N1CCC(CN(Cc3ncc[nH]3)Cc3ncc[nH]3)CC1)C2. The van der Waals surface area contributed by atoms with Crippen molar-refractivity contribution in [3.05, 3.63) is 36.4 Å². The van der Waals surface area contributed by atoms with Crippen LogP contribution in [0, 0.1) is 17.3 Å². The number of piperidine rings is 2. The molecule has 10 heteroatoms. The zero-order valence-electron chi connectivity index (χ0n) is 23.1. The van der Waals surface area contributed by atoms with E-state index >= 15 is 0 Å². The lowest BCUT2D eigenvalue weighted by atomic mass is 9.77.